The maximum atomic E-state index is 10.7. The average molecular weight is 729 g/mol. The number of ether oxygens (including phenoxy) is 3. The molecule has 0 saturated heterocycles. The number of hydrogen-bond acceptors (Lipinski definition) is 20. The second-order valence-electron chi connectivity index (χ2n) is 12.9. The van der Waals surface area contributed by atoms with Crippen molar-refractivity contribution in [1.82, 2.24) is 0 Å². The lowest BCUT2D eigenvalue weighted by Crippen LogP contribution is -2.55. The average Bonchev–Trinajstić information content (AvgIpc) is 3.09. The number of aliphatic hydroxyl groups is 17. The van der Waals surface area contributed by atoms with Crippen LogP contribution in [0.15, 0.2) is 0 Å². The molecule has 0 aromatic carbocycles. The molecule has 0 aliphatic heterocycles. The van der Waals surface area contributed by atoms with E-state index in [0.29, 0.717) is 0 Å². The van der Waals surface area contributed by atoms with Gasteiger partial charge in [-0.15, -0.1) is 0 Å². The monoisotopic (exact) mass is 728 g/mol. The van der Waals surface area contributed by atoms with Gasteiger partial charge in [0.25, 0.3) is 0 Å². The van der Waals surface area contributed by atoms with E-state index in [-0.39, 0.29) is 0 Å². The van der Waals surface area contributed by atoms with Crippen molar-refractivity contribution in [1.29, 1.82) is 0 Å². The Balaban J connectivity index is 5.50. The summed E-state index contributed by atoms with van der Waals surface area (Å²) >= 11 is 0. The van der Waals surface area contributed by atoms with E-state index < -0.39 is 148 Å². The van der Waals surface area contributed by atoms with E-state index in [1.807, 2.05) is 0 Å². The first-order valence-corrected chi connectivity index (χ1v) is 15.9. The van der Waals surface area contributed by atoms with Crippen LogP contribution >= 0.6 is 0 Å². The zero-order chi connectivity index (χ0) is 38.5. The Morgan fingerprint density at radius 1 is 0.347 bits per heavy atom. The van der Waals surface area contributed by atoms with Crippen molar-refractivity contribution >= 4 is 0 Å². The minimum Gasteiger partial charge on any atom is -0.396 e. The summed E-state index contributed by atoms with van der Waals surface area (Å²) in [6.07, 6.45) is -31.8. The third kappa shape index (κ3) is 14.6. The van der Waals surface area contributed by atoms with E-state index in [1.54, 1.807) is 0 Å². The summed E-state index contributed by atoms with van der Waals surface area (Å²) < 4.78 is 15.3. The van der Waals surface area contributed by atoms with Gasteiger partial charge in [-0.05, 0) is 6.92 Å². The summed E-state index contributed by atoms with van der Waals surface area (Å²) in [5.41, 5.74) is 0. The van der Waals surface area contributed by atoms with Gasteiger partial charge in [-0.3, -0.25) is 0 Å². The van der Waals surface area contributed by atoms with Crippen LogP contribution in [-0.4, -0.2) is 211 Å². The first-order valence-electron chi connectivity index (χ1n) is 15.9. The molecule has 12 unspecified atom stereocenters. The summed E-state index contributed by atoms with van der Waals surface area (Å²) in [7, 11) is 0. The molecule has 0 aliphatic carbocycles. The molecule has 0 saturated carbocycles. The predicted octanol–water partition coefficient (Wildman–Crippen LogP) is -7.76. The zero-order valence-electron chi connectivity index (χ0n) is 28.2. The molecule has 0 amide bonds. The van der Waals surface area contributed by atoms with Gasteiger partial charge in [0.2, 0.25) is 0 Å². The Labute approximate surface area is 284 Å². The van der Waals surface area contributed by atoms with Gasteiger partial charge in [0.1, 0.15) is 48.8 Å². The van der Waals surface area contributed by atoms with Gasteiger partial charge in [-0.2, -0.15) is 0 Å². The van der Waals surface area contributed by atoms with Crippen LogP contribution < -0.4 is 0 Å². The smallest absolute Gasteiger partial charge is 0.184 e. The minimum atomic E-state index is -2.44. The minimum absolute atomic E-state index is 0.530. The molecule has 20 nitrogen and oxygen atoms in total. The van der Waals surface area contributed by atoms with Crippen molar-refractivity contribution in [3.8, 4) is 0 Å². The van der Waals surface area contributed by atoms with Crippen molar-refractivity contribution in [2.45, 2.75) is 133 Å². The van der Waals surface area contributed by atoms with E-state index in [0.717, 1.165) is 0 Å². The van der Waals surface area contributed by atoms with E-state index in [9.17, 15) is 86.8 Å². The standard InChI is InChI=1S/C29H60O20/c1-10(6-30)15(33)21(39)25(43)28(45)49-26(23(41)16(34)11(2)7-31)29(46)48-9-13(4)18(36)22(40)24(42)27(44)47-8-12(3)17(35)20(38)19(37)14(5)32/h10-46H,6-9H2,1-5H3/t10?,11?,12?,13?,14-,15-,16-,17-,18-,19?,20?,21?,22?,23?,24?,25?,26?,27-,28-,29-/m1/s1. The molecule has 0 rings (SSSR count). The molecule has 0 radical (unpaired) electrons. The van der Waals surface area contributed by atoms with E-state index in [2.05, 4.69) is 0 Å². The second kappa shape index (κ2) is 23.0. The van der Waals surface area contributed by atoms with Gasteiger partial charge >= 0.3 is 0 Å². The highest BCUT2D eigenvalue weighted by atomic mass is 16.7. The van der Waals surface area contributed by atoms with Crippen LogP contribution in [0.2, 0.25) is 0 Å². The van der Waals surface area contributed by atoms with Gasteiger partial charge in [-0.1, -0.05) is 27.7 Å². The number of rotatable bonds is 26. The number of aliphatic hydroxyl groups excluding tert-OH is 17. The molecule has 0 heterocycles. The van der Waals surface area contributed by atoms with Crippen LogP contribution in [0, 0.1) is 23.7 Å². The largest absolute Gasteiger partial charge is 0.396 e. The molecule has 0 fully saturated rings. The molecule has 0 bridgehead atoms. The second-order valence-corrected chi connectivity index (χ2v) is 12.9. The van der Waals surface area contributed by atoms with Crippen LogP contribution in [0.3, 0.4) is 0 Å². The van der Waals surface area contributed by atoms with Crippen LogP contribution in [-0.2, 0) is 14.2 Å². The quantitative estimate of drug-likeness (QED) is 0.0368. The fourth-order valence-electron chi connectivity index (χ4n) is 4.43. The van der Waals surface area contributed by atoms with Crippen LogP contribution in [0.25, 0.3) is 0 Å². The fraction of sp³-hybridized carbons (Fsp3) is 1.00. The highest BCUT2D eigenvalue weighted by Gasteiger charge is 2.42. The molecule has 0 spiro atoms. The number of hydrogen-bond donors (Lipinski definition) is 17. The molecular formula is C29H60O20. The molecule has 0 aliphatic rings. The Morgan fingerprint density at radius 2 is 0.673 bits per heavy atom. The fourth-order valence-corrected chi connectivity index (χ4v) is 4.43. The van der Waals surface area contributed by atoms with Gasteiger partial charge in [0, 0.05) is 36.9 Å². The third-order valence-electron chi connectivity index (χ3n) is 8.41. The maximum absolute atomic E-state index is 10.7. The summed E-state index contributed by atoms with van der Waals surface area (Å²) in [5, 5.41) is 172. The topological polar surface area (TPSA) is 372 Å². The Bertz CT molecular complexity index is 859. The summed E-state index contributed by atoms with van der Waals surface area (Å²) in [6.45, 7) is 3.92. The van der Waals surface area contributed by atoms with E-state index in [1.165, 1.54) is 34.6 Å². The van der Waals surface area contributed by atoms with Crippen LogP contribution in [0.4, 0.5) is 0 Å². The molecular weight excluding hydrogens is 668 g/mol. The van der Waals surface area contributed by atoms with Crippen molar-refractivity contribution in [3.63, 3.8) is 0 Å². The van der Waals surface area contributed by atoms with Crippen molar-refractivity contribution in [3.05, 3.63) is 0 Å². The van der Waals surface area contributed by atoms with Gasteiger partial charge < -0.3 is 101 Å². The summed E-state index contributed by atoms with van der Waals surface area (Å²) in [5.74, 6) is -4.13. The SMILES string of the molecule is CC(CO[C@@H](O)C(O[C@@H](O)C(O)C(O)[C@H](O)C(C)CO)C(O)[C@H](O)C(C)CO)[C@@H](O)C(O)C(O)[C@H](O)OCC(C)[C@@H](O)C(O)C(O)[C@@H](C)O. The predicted molar refractivity (Wildman–Crippen MR) is 163 cm³/mol. The molecule has 20 atom stereocenters. The Kier molecular flexibility index (Phi) is 22.6. The third-order valence-corrected chi connectivity index (χ3v) is 8.41. The molecule has 0 aromatic heterocycles. The molecule has 17 N–H and O–H groups in total. The zero-order valence-corrected chi connectivity index (χ0v) is 28.2. The molecule has 0 aromatic rings. The normalized spacial score (nSPS) is 25.1. The van der Waals surface area contributed by atoms with Crippen LogP contribution in [0.1, 0.15) is 34.6 Å². The molecule has 296 valence electrons. The van der Waals surface area contributed by atoms with Crippen molar-refractivity contribution < 1.29 is 101 Å². The molecule has 49 heavy (non-hydrogen) atoms. The highest BCUT2D eigenvalue weighted by molar-refractivity contribution is 4.87. The van der Waals surface area contributed by atoms with Crippen LogP contribution in [0.5, 0.6) is 0 Å². The first kappa shape index (κ1) is 48.2. The van der Waals surface area contributed by atoms with E-state index in [4.69, 9.17) is 14.2 Å². The summed E-state index contributed by atoms with van der Waals surface area (Å²) in [4.78, 5) is 0. The lowest BCUT2D eigenvalue weighted by molar-refractivity contribution is -0.293. The van der Waals surface area contributed by atoms with Crippen molar-refractivity contribution in [2.75, 3.05) is 26.4 Å². The van der Waals surface area contributed by atoms with Crippen molar-refractivity contribution in [2.24, 2.45) is 23.7 Å². The Hall–Kier alpha value is -0.800. The van der Waals surface area contributed by atoms with E-state index >= 15 is 0 Å². The molecule has 20 heteroatoms. The van der Waals surface area contributed by atoms with Gasteiger partial charge in [0.15, 0.2) is 18.9 Å². The van der Waals surface area contributed by atoms with Gasteiger partial charge in [0.05, 0.1) is 43.7 Å². The summed E-state index contributed by atoms with van der Waals surface area (Å²) in [6, 6.07) is 0. The maximum Gasteiger partial charge on any atom is 0.184 e. The van der Waals surface area contributed by atoms with Gasteiger partial charge in [-0.25, -0.2) is 0 Å². The Morgan fingerprint density at radius 3 is 1.06 bits per heavy atom. The highest BCUT2D eigenvalue weighted by Crippen LogP contribution is 2.22. The first-order chi connectivity index (χ1) is 22.6. The lowest BCUT2D eigenvalue weighted by atomic mass is 9.94. The lowest BCUT2D eigenvalue weighted by Gasteiger charge is -2.36.